The van der Waals surface area contributed by atoms with E-state index in [1.807, 2.05) is 74.5 Å². The predicted octanol–water partition coefficient (Wildman–Crippen LogP) is 3.69. The molecule has 0 aliphatic carbocycles. The topological polar surface area (TPSA) is 118 Å². The third-order valence-corrected chi connectivity index (χ3v) is 5.21. The number of aliphatic carboxylic acids is 1. The number of carboxylic acid groups (broad SMARTS) is 1. The van der Waals surface area contributed by atoms with Crippen LogP contribution in [0.3, 0.4) is 0 Å². The Morgan fingerprint density at radius 1 is 0.912 bits per heavy atom. The van der Waals surface area contributed by atoms with Crippen LogP contribution in [0.1, 0.15) is 31.5 Å². The molecule has 3 rings (SSSR count). The number of nitrogens with zero attached hydrogens (tertiary/aromatic N) is 1. The molecule has 3 N–H and O–H groups in total. The van der Waals surface area contributed by atoms with Crippen molar-refractivity contribution in [1.82, 2.24) is 15.6 Å². The van der Waals surface area contributed by atoms with Crippen LogP contribution in [-0.4, -0.2) is 40.1 Å². The zero-order valence-electron chi connectivity index (χ0n) is 19.2. The van der Waals surface area contributed by atoms with Crippen molar-refractivity contribution in [2.45, 2.75) is 45.4 Å². The van der Waals surface area contributed by atoms with E-state index in [0.717, 1.165) is 16.5 Å². The number of fused-ring (bicyclic) bond motifs is 1. The minimum absolute atomic E-state index is 0.0127. The van der Waals surface area contributed by atoms with Crippen molar-refractivity contribution in [2.24, 2.45) is 5.92 Å². The van der Waals surface area contributed by atoms with Gasteiger partial charge in [0.1, 0.15) is 18.7 Å². The quantitative estimate of drug-likeness (QED) is 0.422. The molecule has 0 unspecified atom stereocenters. The van der Waals surface area contributed by atoms with E-state index >= 15 is 0 Å². The second kappa shape index (κ2) is 11.8. The number of carbonyl (C=O) groups excluding carboxylic acids is 2. The first-order chi connectivity index (χ1) is 16.3. The van der Waals surface area contributed by atoms with Crippen LogP contribution in [0.25, 0.3) is 10.9 Å². The van der Waals surface area contributed by atoms with Gasteiger partial charge in [0, 0.05) is 17.5 Å². The first-order valence-electron chi connectivity index (χ1n) is 11.2. The number of nitrogens with one attached hydrogen (secondary N) is 2. The number of hydrogen-bond donors (Lipinski definition) is 3. The van der Waals surface area contributed by atoms with Crippen LogP contribution >= 0.6 is 0 Å². The fourth-order valence-electron chi connectivity index (χ4n) is 3.51. The number of rotatable bonds is 10. The molecule has 0 spiro atoms. The Labute approximate surface area is 198 Å². The van der Waals surface area contributed by atoms with E-state index in [9.17, 15) is 19.5 Å². The summed E-state index contributed by atoms with van der Waals surface area (Å²) in [6, 6.07) is 18.2. The van der Waals surface area contributed by atoms with Gasteiger partial charge in [-0.05, 0) is 30.0 Å². The molecule has 0 aliphatic rings. The zero-order valence-corrected chi connectivity index (χ0v) is 19.2. The predicted molar refractivity (Wildman–Crippen MR) is 128 cm³/mol. The van der Waals surface area contributed by atoms with E-state index < -0.39 is 30.1 Å². The van der Waals surface area contributed by atoms with Crippen LogP contribution in [0.15, 0.2) is 66.7 Å². The lowest BCUT2D eigenvalue weighted by Crippen LogP contribution is -2.52. The van der Waals surface area contributed by atoms with E-state index in [0.29, 0.717) is 12.1 Å². The maximum atomic E-state index is 12.9. The fraction of sp³-hybridized carbons (Fsp3) is 0.308. The van der Waals surface area contributed by atoms with Crippen LogP contribution in [0.2, 0.25) is 0 Å². The Bertz CT molecular complexity index is 1130. The summed E-state index contributed by atoms with van der Waals surface area (Å²) in [5.74, 6) is -1.69. The molecule has 8 heteroatoms. The highest BCUT2D eigenvalue weighted by Crippen LogP contribution is 2.13. The molecule has 2 aromatic carbocycles. The maximum Gasteiger partial charge on any atom is 0.408 e. The number of aromatic nitrogens is 1. The number of hydrogen-bond acceptors (Lipinski definition) is 5. The van der Waals surface area contributed by atoms with Gasteiger partial charge in [-0.25, -0.2) is 9.59 Å². The Morgan fingerprint density at radius 3 is 2.32 bits per heavy atom. The highest BCUT2D eigenvalue weighted by Gasteiger charge is 2.28. The molecule has 2 atom stereocenters. The van der Waals surface area contributed by atoms with Gasteiger partial charge in [0.2, 0.25) is 5.91 Å². The van der Waals surface area contributed by atoms with Gasteiger partial charge in [-0.1, -0.05) is 68.4 Å². The average Bonchev–Trinajstić information content (AvgIpc) is 2.82. The van der Waals surface area contributed by atoms with Crippen molar-refractivity contribution in [3.63, 3.8) is 0 Å². The Hall–Kier alpha value is -3.94. The second-order valence-corrected chi connectivity index (χ2v) is 8.49. The van der Waals surface area contributed by atoms with Gasteiger partial charge >= 0.3 is 12.1 Å². The second-order valence-electron chi connectivity index (χ2n) is 8.49. The van der Waals surface area contributed by atoms with E-state index in [2.05, 4.69) is 15.6 Å². The van der Waals surface area contributed by atoms with Gasteiger partial charge in [0.15, 0.2) is 0 Å². The molecule has 0 radical (unpaired) electrons. The van der Waals surface area contributed by atoms with Gasteiger partial charge in [0.05, 0.1) is 5.52 Å². The number of alkyl carbamates (subject to hydrolysis) is 1. The minimum Gasteiger partial charge on any atom is -0.480 e. The van der Waals surface area contributed by atoms with Crippen LogP contribution in [-0.2, 0) is 27.4 Å². The number of carboxylic acids is 1. The smallest absolute Gasteiger partial charge is 0.408 e. The van der Waals surface area contributed by atoms with Crippen molar-refractivity contribution in [3.8, 4) is 0 Å². The van der Waals surface area contributed by atoms with Crippen molar-refractivity contribution in [1.29, 1.82) is 0 Å². The van der Waals surface area contributed by atoms with Gasteiger partial charge < -0.3 is 20.5 Å². The molecule has 2 amide bonds. The van der Waals surface area contributed by atoms with Crippen molar-refractivity contribution in [2.75, 3.05) is 0 Å². The van der Waals surface area contributed by atoms with Crippen molar-refractivity contribution >= 4 is 28.9 Å². The lowest BCUT2D eigenvalue weighted by atomic mass is 10.0. The lowest BCUT2D eigenvalue weighted by Gasteiger charge is -2.22. The largest absolute Gasteiger partial charge is 0.480 e. The Balaban J connectivity index is 1.64. The number of ether oxygens (including phenoxy) is 1. The standard InChI is InChI=1S/C26H29N3O5/c1-17(2)14-22(29-26(33)34-16-18-8-4-3-5-9-18)24(30)28-23(25(31)32)15-20-13-12-19-10-6-7-11-21(19)27-20/h3-13,17,22-23H,14-16H2,1-2H3,(H,28,30)(H,29,33)(H,31,32)/t22-,23+/m0/s1. The van der Waals surface area contributed by atoms with Gasteiger partial charge in [-0.3, -0.25) is 9.78 Å². The van der Waals surface area contributed by atoms with Gasteiger partial charge in [0.25, 0.3) is 0 Å². The zero-order chi connectivity index (χ0) is 24.5. The summed E-state index contributed by atoms with van der Waals surface area (Å²) in [6.45, 7) is 3.88. The summed E-state index contributed by atoms with van der Waals surface area (Å²) in [6.07, 6.45) is -0.404. The van der Waals surface area contributed by atoms with E-state index in [1.54, 1.807) is 6.07 Å². The number of pyridine rings is 1. The molecule has 1 aromatic heterocycles. The monoisotopic (exact) mass is 463 g/mol. The normalized spacial score (nSPS) is 12.7. The molecule has 178 valence electrons. The molecule has 8 nitrogen and oxygen atoms in total. The first-order valence-corrected chi connectivity index (χ1v) is 11.2. The Morgan fingerprint density at radius 2 is 1.62 bits per heavy atom. The van der Waals surface area contributed by atoms with Gasteiger partial charge in [-0.15, -0.1) is 0 Å². The van der Waals surface area contributed by atoms with E-state index in [1.165, 1.54) is 0 Å². The summed E-state index contributed by atoms with van der Waals surface area (Å²) >= 11 is 0. The van der Waals surface area contributed by atoms with E-state index in [-0.39, 0.29) is 18.9 Å². The number of amides is 2. The highest BCUT2D eigenvalue weighted by atomic mass is 16.5. The molecular formula is C26H29N3O5. The summed E-state index contributed by atoms with van der Waals surface area (Å²) in [5.41, 5.74) is 2.11. The SMILES string of the molecule is CC(C)C[C@H](NC(=O)OCc1ccccc1)C(=O)N[C@H](Cc1ccc2ccccc2n1)C(=O)O. The molecule has 1 heterocycles. The van der Waals surface area contributed by atoms with E-state index in [4.69, 9.17) is 4.74 Å². The van der Waals surface area contributed by atoms with Gasteiger partial charge in [-0.2, -0.15) is 0 Å². The molecule has 0 bridgehead atoms. The molecular weight excluding hydrogens is 434 g/mol. The van der Waals surface area contributed by atoms with Crippen molar-refractivity contribution < 1.29 is 24.2 Å². The number of benzene rings is 2. The average molecular weight is 464 g/mol. The molecule has 0 saturated heterocycles. The molecule has 0 aliphatic heterocycles. The molecule has 0 fully saturated rings. The number of carbonyl (C=O) groups is 3. The lowest BCUT2D eigenvalue weighted by molar-refractivity contribution is -0.142. The number of para-hydroxylation sites is 1. The summed E-state index contributed by atoms with van der Waals surface area (Å²) in [5, 5.41) is 15.8. The summed E-state index contributed by atoms with van der Waals surface area (Å²) in [4.78, 5) is 41.6. The molecule has 3 aromatic rings. The summed E-state index contributed by atoms with van der Waals surface area (Å²) < 4.78 is 5.22. The molecule has 0 saturated carbocycles. The van der Waals surface area contributed by atoms with Crippen LogP contribution in [0.5, 0.6) is 0 Å². The van der Waals surface area contributed by atoms with Crippen LogP contribution in [0.4, 0.5) is 4.79 Å². The summed E-state index contributed by atoms with van der Waals surface area (Å²) in [7, 11) is 0. The third-order valence-electron chi connectivity index (χ3n) is 5.21. The minimum atomic E-state index is -1.20. The molecule has 34 heavy (non-hydrogen) atoms. The van der Waals surface area contributed by atoms with Crippen LogP contribution in [0, 0.1) is 5.92 Å². The van der Waals surface area contributed by atoms with Crippen LogP contribution < -0.4 is 10.6 Å². The first kappa shape index (κ1) is 24.7. The Kier molecular flexibility index (Phi) is 8.56. The maximum absolute atomic E-state index is 12.9. The van der Waals surface area contributed by atoms with Crippen molar-refractivity contribution in [3.05, 3.63) is 78.0 Å². The highest BCUT2D eigenvalue weighted by molar-refractivity contribution is 5.89. The fourth-order valence-corrected chi connectivity index (χ4v) is 3.51. The third kappa shape index (κ3) is 7.30.